The zero-order valence-electron chi connectivity index (χ0n) is 16.8. The van der Waals surface area contributed by atoms with Crippen LogP contribution in [0.3, 0.4) is 0 Å². The van der Waals surface area contributed by atoms with E-state index < -0.39 is 0 Å². The van der Waals surface area contributed by atoms with Crippen LogP contribution in [0, 0.1) is 0 Å². The molecule has 0 saturated carbocycles. The molecule has 6 heteroatoms. The lowest BCUT2D eigenvalue weighted by atomic mass is 10.1. The molecule has 0 radical (unpaired) electrons. The molecule has 4 aromatic rings. The van der Waals surface area contributed by atoms with Crippen LogP contribution in [0.15, 0.2) is 67.3 Å². The van der Waals surface area contributed by atoms with Gasteiger partial charge in [-0.15, -0.1) is 0 Å². The zero-order chi connectivity index (χ0) is 20.2. The number of carbonyl (C=O) groups is 1. The van der Waals surface area contributed by atoms with Crippen molar-refractivity contribution < 1.29 is 4.79 Å². The van der Waals surface area contributed by atoms with E-state index in [1.807, 2.05) is 36.2 Å². The van der Waals surface area contributed by atoms with Gasteiger partial charge < -0.3 is 9.30 Å². The minimum absolute atomic E-state index is 0.0157. The molecule has 1 amide bonds. The molecule has 4 rings (SSSR count). The maximum Gasteiger partial charge on any atom is 0.274 e. The molecule has 6 nitrogen and oxygen atoms in total. The molecule has 0 unspecified atom stereocenters. The number of rotatable bonds is 7. The Bertz CT molecular complexity index is 1110. The SMILES string of the molecule is CCCCN(CC)C(=O)c1ccn(-c2ccc3ccc(-c4ccncc4)cn23)n1. The average molecular weight is 387 g/mol. The summed E-state index contributed by atoms with van der Waals surface area (Å²) in [6, 6.07) is 14.0. The predicted molar refractivity (Wildman–Crippen MR) is 114 cm³/mol. The molecule has 4 heterocycles. The number of aromatic nitrogens is 4. The third kappa shape index (κ3) is 3.78. The first kappa shape index (κ1) is 18.9. The normalized spacial score (nSPS) is 11.1. The predicted octanol–water partition coefficient (Wildman–Crippen LogP) is 4.45. The molecule has 0 bridgehead atoms. The number of fused-ring (bicyclic) bond motifs is 1. The van der Waals surface area contributed by atoms with Crippen molar-refractivity contribution in [1.29, 1.82) is 0 Å². The van der Waals surface area contributed by atoms with E-state index in [0.717, 1.165) is 41.8 Å². The van der Waals surface area contributed by atoms with Crippen LogP contribution in [0.1, 0.15) is 37.2 Å². The highest BCUT2D eigenvalue weighted by atomic mass is 16.2. The smallest absolute Gasteiger partial charge is 0.274 e. The third-order valence-electron chi connectivity index (χ3n) is 5.14. The summed E-state index contributed by atoms with van der Waals surface area (Å²) in [5.41, 5.74) is 3.74. The van der Waals surface area contributed by atoms with Crippen molar-refractivity contribution in [3.8, 4) is 16.9 Å². The van der Waals surface area contributed by atoms with Crippen molar-refractivity contribution in [1.82, 2.24) is 24.1 Å². The van der Waals surface area contributed by atoms with Crippen LogP contribution in [0.25, 0.3) is 22.5 Å². The Kier molecular flexibility index (Phi) is 5.42. The van der Waals surface area contributed by atoms with Crippen molar-refractivity contribution in [2.75, 3.05) is 13.1 Å². The van der Waals surface area contributed by atoms with Crippen molar-refractivity contribution in [2.24, 2.45) is 0 Å². The molecule has 0 saturated heterocycles. The molecule has 0 aliphatic heterocycles. The van der Waals surface area contributed by atoms with Crippen molar-refractivity contribution >= 4 is 11.4 Å². The number of unbranched alkanes of at least 4 members (excludes halogenated alkanes) is 1. The Hall–Kier alpha value is -3.41. The van der Waals surface area contributed by atoms with Crippen LogP contribution in [-0.4, -0.2) is 43.1 Å². The molecule has 0 aliphatic carbocycles. The molecule has 29 heavy (non-hydrogen) atoms. The van der Waals surface area contributed by atoms with Gasteiger partial charge in [0.25, 0.3) is 5.91 Å². The lowest BCUT2D eigenvalue weighted by Gasteiger charge is -2.19. The van der Waals surface area contributed by atoms with Crippen molar-refractivity contribution in [3.63, 3.8) is 0 Å². The Labute approximate surface area is 170 Å². The van der Waals surface area contributed by atoms with Gasteiger partial charge in [-0.3, -0.25) is 9.78 Å². The number of nitrogens with zero attached hydrogens (tertiary/aromatic N) is 5. The summed E-state index contributed by atoms with van der Waals surface area (Å²) in [4.78, 5) is 18.8. The highest BCUT2D eigenvalue weighted by molar-refractivity contribution is 5.92. The van der Waals surface area contributed by atoms with Gasteiger partial charge in [0.05, 0.1) is 0 Å². The minimum Gasteiger partial charge on any atom is -0.338 e. The van der Waals surface area contributed by atoms with E-state index in [-0.39, 0.29) is 5.91 Å². The quantitative estimate of drug-likeness (QED) is 0.471. The van der Waals surface area contributed by atoms with Crippen molar-refractivity contribution in [2.45, 2.75) is 26.7 Å². The van der Waals surface area contributed by atoms with Gasteiger partial charge in [-0.05, 0) is 60.9 Å². The summed E-state index contributed by atoms with van der Waals surface area (Å²) < 4.78 is 3.86. The molecule has 4 aromatic heterocycles. The van der Waals surface area contributed by atoms with Gasteiger partial charge in [0.2, 0.25) is 0 Å². The third-order valence-corrected chi connectivity index (χ3v) is 5.14. The summed E-state index contributed by atoms with van der Waals surface area (Å²) >= 11 is 0. The second-order valence-corrected chi connectivity index (χ2v) is 7.02. The van der Waals surface area contributed by atoms with Crippen LogP contribution in [0.5, 0.6) is 0 Å². The van der Waals surface area contributed by atoms with E-state index in [2.05, 4.69) is 45.8 Å². The maximum absolute atomic E-state index is 12.8. The largest absolute Gasteiger partial charge is 0.338 e. The first-order valence-corrected chi connectivity index (χ1v) is 10.1. The maximum atomic E-state index is 12.8. The van der Waals surface area contributed by atoms with Gasteiger partial charge in [0, 0.05) is 43.4 Å². The monoisotopic (exact) mass is 387 g/mol. The highest BCUT2D eigenvalue weighted by Gasteiger charge is 2.17. The molecule has 0 aromatic carbocycles. The van der Waals surface area contributed by atoms with E-state index in [9.17, 15) is 4.79 Å². The van der Waals surface area contributed by atoms with Gasteiger partial charge in [0.1, 0.15) is 5.82 Å². The second kappa shape index (κ2) is 8.31. The Morgan fingerprint density at radius 1 is 1.00 bits per heavy atom. The fraction of sp³-hybridized carbons (Fsp3) is 0.261. The highest BCUT2D eigenvalue weighted by Crippen LogP contribution is 2.22. The zero-order valence-corrected chi connectivity index (χ0v) is 16.8. The molecule has 0 atom stereocenters. The van der Waals surface area contributed by atoms with Gasteiger partial charge in [-0.1, -0.05) is 19.4 Å². The van der Waals surface area contributed by atoms with Gasteiger partial charge in [0.15, 0.2) is 5.69 Å². The van der Waals surface area contributed by atoms with Crippen LogP contribution < -0.4 is 0 Å². The van der Waals surface area contributed by atoms with Gasteiger partial charge >= 0.3 is 0 Å². The Morgan fingerprint density at radius 2 is 1.79 bits per heavy atom. The van der Waals surface area contributed by atoms with Gasteiger partial charge in [-0.2, -0.15) is 5.10 Å². The van der Waals surface area contributed by atoms with Crippen LogP contribution in [-0.2, 0) is 0 Å². The van der Waals surface area contributed by atoms with Crippen LogP contribution in [0.2, 0.25) is 0 Å². The van der Waals surface area contributed by atoms with E-state index in [1.54, 1.807) is 23.1 Å². The van der Waals surface area contributed by atoms with Crippen LogP contribution >= 0.6 is 0 Å². The first-order chi connectivity index (χ1) is 14.2. The lowest BCUT2D eigenvalue weighted by molar-refractivity contribution is 0.0756. The van der Waals surface area contributed by atoms with E-state index in [0.29, 0.717) is 12.2 Å². The van der Waals surface area contributed by atoms with Crippen molar-refractivity contribution in [3.05, 3.63) is 72.9 Å². The molecule has 148 valence electrons. The molecular formula is C23H25N5O. The summed E-state index contributed by atoms with van der Waals surface area (Å²) in [6.07, 6.45) is 9.58. The number of hydrogen-bond donors (Lipinski definition) is 0. The number of pyridine rings is 2. The Balaban J connectivity index is 1.66. The standard InChI is InChI=1S/C23H25N5O/c1-3-5-15-26(4-2)23(29)21-12-16-28(25-21)22-9-8-20-7-6-19(17-27(20)22)18-10-13-24-14-11-18/h6-14,16-17H,3-5,15H2,1-2H3. The molecule has 0 fully saturated rings. The fourth-order valence-corrected chi connectivity index (χ4v) is 3.47. The summed E-state index contributed by atoms with van der Waals surface area (Å²) in [5, 5.41) is 4.58. The number of carbonyl (C=O) groups excluding carboxylic acids is 1. The fourth-order valence-electron chi connectivity index (χ4n) is 3.47. The summed E-state index contributed by atoms with van der Waals surface area (Å²) in [7, 11) is 0. The second-order valence-electron chi connectivity index (χ2n) is 7.02. The number of hydrogen-bond acceptors (Lipinski definition) is 3. The number of amides is 1. The van der Waals surface area contributed by atoms with E-state index in [4.69, 9.17) is 0 Å². The topological polar surface area (TPSA) is 55.4 Å². The van der Waals surface area contributed by atoms with Gasteiger partial charge in [-0.25, -0.2) is 4.68 Å². The van der Waals surface area contributed by atoms with E-state index >= 15 is 0 Å². The minimum atomic E-state index is -0.0157. The molecule has 0 spiro atoms. The van der Waals surface area contributed by atoms with Crippen LogP contribution in [0.4, 0.5) is 0 Å². The summed E-state index contributed by atoms with van der Waals surface area (Å²) in [5.74, 6) is 0.879. The Morgan fingerprint density at radius 3 is 2.55 bits per heavy atom. The lowest BCUT2D eigenvalue weighted by Crippen LogP contribution is -2.32. The summed E-state index contributed by atoms with van der Waals surface area (Å²) in [6.45, 7) is 5.59. The first-order valence-electron chi connectivity index (χ1n) is 10.1. The average Bonchev–Trinajstić information content (AvgIpc) is 3.41. The van der Waals surface area contributed by atoms with E-state index in [1.165, 1.54) is 0 Å². The molecule has 0 N–H and O–H groups in total. The molecular weight excluding hydrogens is 362 g/mol. The molecule has 0 aliphatic rings.